The Balaban J connectivity index is 3.02. The predicted octanol–water partition coefficient (Wildman–Crippen LogP) is 1.69. The minimum atomic E-state index is -0.283. The van der Waals surface area contributed by atoms with Gasteiger partial charge in [-0.25, -0.2) is 0 Å². The maximum absolute atomic E-state index is 5.39. The summed E-state index contributed by atoms with van der Waals surface area (Å²) < 4.78 is 10.8. The zero-order chi connectivity index (χ0) is 8.74. The van der Waals surface area contributed by atoms with Crippen LogP contribution in [0.5, 0.6) is 0 Å². The number of hydrogen-bond donors (Lipinski definition) is 0. The highest BCUT2D eigenvalue weighted by atomic mass is 28.2. The van der Waals surface area contributed by atoms with E-state index < -0.39 is 0 Å². The molecule has 0 bridgehead atoms. The standard InChI is InChI=1S/C8H20O2Si/c1-5-6-11-10-7-9-8(2,3)4/h5-7,11H2,1-4H3. The molecule has 0 fully saturated rings. The van der Waals surface area contributed by atoms with E-state index in [1.807, 2.05) is 20.8 Å². The SMILES string of the molecule is CCC[SiH2]OCOC(C)(C)C. The first-order valence-electron chi connectivity index (χ1n) is 4.28. The maximum atomic E-state index is 5.39. The van der Waals surface area contributed by atoms with Crippen molar-refractivity contribution in [2.45, 2.75) is 45.8 Å². The summed E-state index contributed by atoms with van der Waals surface area (Å²) in [7, 11) is -0.283. The van der Waals surface area contributed by atoms with Crippen LogP contribution in [0.15, 0.2) is 0 Å². The van der Waals surface area contributed by atoms with E-state index in [0.29, 0.717) is 6.79 Å². The van der Waals surface area contributed by atoms with Gasteiger partial charge in [0.05, 0.1) is 5.60 Å². The van der Waals surface area contributed by atoms with Crippen LogP contribution in [0.4, 0.5) is 0 Å². The molecule has 0 aromatic rings. The van der Waals surface area contributed by atoms with Crippen LogP contribution in [0.25, 0.3) is 0 Å². The van der Waals surface area contributed by atoms with Gasteiger partial charge in [0.25, 0.3) is 0 Å². The van der Waals surface area contributed by atoms with Gasteiger partial charge in [0.1, 0.15) is 6.79 Å². The van der Waals surface area contributed by atoms with Gasteiger partial charge < -0.3 is 9.16 Å². The second-order valence-corrected chi connectivity index (χ2v) is 5.16. The molecule has 0 aliphatic rings. The molecule has 0 aliphatic heterocycles. The number of hydrogen-bond acceptors (Lipinski definition) is 2. The van der Waals surface area contributed by atoms with Crippen LogP contribution >= 0.6 is 0 Å². The Kier molecular flexibility index (Phi) is 5.82. The van der Waals surface area contributed by atoms with Crippen molar-refractivity contribution in [2.75, 3.05) is 6.79 Å². The van der Waals surface area contributed by atoms with Crippen molar-refractivity contribution >= 4 is 9.76 Å². The van der Waals surface area contributed by atoms with E-state index in [4.69, 9.17) is 9.16 Å². The second-order valence-electron chi connectivity index (χ2n) is 3.64. The highest BCUT2D eigenvalue weighted by Crippen LogP contribution is 2.05. The molecule has 0 unspecified atom stereocenters. The van der Waals surface area contributed by atoms with E-state index in [1.54, 1.807) is 0 Å². The Labute approximate surface area is 72.2 Å². The molecule has 0 saturated carbocycles. The molecule has 0 aromatic carbocycles. The molecule has 0 saturated heterocycles. The Bertz CT molecular complexity index is 88.6. The van der Waals surface area contributed by atoms with Gasteiger partial charge in [0.15, 0.2) is 9.76 Å². The zero-order valence-electron chi connectivity index (χ0n) is 8.14. The van der Waals surface area contributed by atoms with Gasteiger partial charge in [-0.3, -0.25) is 0 Å². The summed E-state index contributed by atoms with van der Waals surface area (Å²) in [5.74, 6) is 0. The lowest BCUT2D eigenvalue weighted by atomic mass is 10.2. The predicted molar refractivity (Wildman–Crippen MR) is 50.4 cm³/mol. The lowest BCUT2D eigenvalue weighted by Gasteiger charge is -2.19. The first kappa shape index (κ1) is 11.1. The molecule has 0 radical (unpaired) electrons. The first-order valence-corrected chi connectivity index (χ1v) is 5.85. The van der Waals surface area contributed by atoms with Crippen molar-refractivity contribution in [3.63, 3.8) is 0 Å². The van der Waals surface area contributed by atoms with Crippen molar-refractivity contribution in [2.24, 2.45) is 0 Å². The third-order valence-corrected chi connectivity index (χ3v) is 2.67. The third kappa shape index (κ3) is 10.1. The number of rotatable bonds is 5. The molecule has 0 rings (SSSR count). The molecule has 0 N–H and O–H groups in total. The van der Waals surface area contributed by atoms with E-state index in [1.165, 1.54) is 12.5 Å². The zero-order valence-corrected chi connectivity index (χ0v) is 9.56. The minimum absolute atomic E-state index is 0.0549. The lowest BCUT2D eigenvalue weighted by Crippen LogP contribution is -2.21. The van der Waals surface area contributed by atoms with E-state index in [-0.39, 0.29) is 15.4 Å². The topological polar surface area (TPSA) is 18.5 Å². The molecule has 0 aliphatic carbocycles. The highest BCUT2D eigenvalue weighted by Gasteiger charge is 2.08. The normalized spacial score (nSPS) is 13.1. The quantitative estimate of drug-likeness (QED) is 0.360. The van der Waals surface area contributed by atoms with Crippen LogP contribution in [-0.2, 0) is 9.16 Å². The van der Waals surface area contributed by atoms with Gasteiger partial charge in [-0.05, 0) is 26.8 Å². The average Bonchev–Trinajstić information content (AvgIpc) is 1.85. The monoisotopic (exact) mass is 176 g/mol. The molecule has 68 valence electrons. The van der Waals surface area contributed by atoms with E-state index in [2.05, 4.69) is 6.92 Å². The van der Waals surface area contributed by atoms with Gasteiger partial charge in [-0.1, -0.05) is 13.3 Å². The van der Waals surface area contributed by atoms with Crippen molar-refractivity contribution < 1.29 is 9.16 Å². The fourth-order valence-electron chi connectivity index (χ4n) is 0.524. The first-order chi connectivity index (χ1) is 5.06. The largest absolute Gasteiger partial charge is 0.402 e. The number of ether oxygens (including phenoxy) is 1. The molecule has 11 heavy (non-hydrogen) atoms. The third-order valence-electron chi connectivity index (χ3n) is 1.22. The highest BCUT2D eigenvalue weighted by molar-refractivity contribution is 6.26. The summed E-state index contributed by atoms with van der Waals surface area (Å²) in [5, 5.41) is 0. The van der Waals surface area contributed by atoms with Crippen LogP contribution < -0.4 is 0 Å². The van der Waals surface area contributed by atoms with Gasteiger partial charge >= 0.3 is 0 Å². The van der Waals surface area contributed by atoms with Crippen molar-refractivity contribution in [3.8, 4) is 0 Å². The van der Waals surface area contributed by atoms with Gasteiger partial charge in [0, 0.05) is 0 Å². The molecule has 2 nitrogen and oxygen atoms in total. The van der Waals surface area contributed by atoms with Gasteiger partial charge in [0.2, 0.25) is 0 Å². The van der Waals surface area contributed by atoms with Crippen LogP contribution in [0.2, 0.25) is 6.04 Å². The lowest BCUT2D eigenvalue weighted by molar-refractivity contribution is -0.0755. The van der Waals surface area contributed by atoms with Crippen LogP contribution in [0.1, 0.15) is 34.1 Å². The molecule has 0 spiro atoms. The fraction of sp³-hybridized carbons (Fsp3) is 1.00. The molecule has 0 amide bonds. The van der Waals surface area contributed by atoms with E-state index in [9.17, 15) is 0 Å². The summed E-state index contributed by atoms with van der Waals surface area (Å²) in [6, 6.07) is 1.26. The van der Waals surface area contributed by atoms with Crippen LogP contribution in [-0.4, -0.2) is 22.2 Å². The minimum Gasteiger partial charge on any atom is -0.402 e. The molecule has 0 aromatic heterocycles. The Hall–Kier alpha value is 0.137. The molecular formula is C8H20O2Si. The fourth-order valence-corrected chi connectivity index (χ4v) is 1.22. The Morgan fingerprint density at radius 1 is 1.27 bits per heavy atom. The summed E-state index contributed by atoms with van der Waals surface area (Å²) in [6.07, 6.45) is 1.24. The van der Waals surface area contributed by atoms with E-state index >= 15 is 0 Å². The van der Waals surface area contributed by atoms with Gasteiger partial charge in [-0.2, -0.15) is 0 Å². The summed E-state index contributed by atoms with van der Waals surface area (Å²) in [6.45, 7) is 8.78. The Morgan fingerprint density at radius 2 is 1.91 bits per heavy atom. The maximum Gasteiger partial charge on any atom is 0.164 e. The smallest absolute Gasteiger partial charge is 0.164 e. The molecule has 3 heteroatoms. The van der Waals surface area contributed by atoms with Crippen LogP contribution in [0.3, 0.4) is 0 Å². The summed E-state index contributed by atoms with van der Waals surface area (Å²) in [4.78, 5) is 0. The van der Waals surface area contributed by atoms with E-state index in [0.717, 1.165) is 0 Å². The van der Waals surface area contributed by atoms with Gasteiger partial charge in [-0.15, -0.1) is 0 Å². The van der Waals surface area contributed by atoms with Crippen molar-refractivity contribution in [3.05, 3.63) is 0 Å². The summed E-state index contributed by atoms with van der Waals surface area (Å²) in [5.41, 5.74) is -0.0549. The van der Waals surface area contributed by atoms with Crippen LogP contribution in [0, 0.1) is 0 Å². The molecule has 0 heterocycles. The molecule has 0 atom stereocenters. The molecular weight excluding hydrogens is 156 g/mol. The Morgan fingerprint density at radius 3 is 2.36 bits per heavy atom. The summed E-state index contributed by atoms with van der Waals surface area (Å²) >= 11 is 0. The average molecular weight is 176 g/mol. The van der Waals surface area contributed by atoms with Crippen molar-refractivity contribution in [1.29, 1.82) is 0 Å². The second kappa shape index (κ2) is 5.74. The van der Waals surface area contributed by atoms with Crippen molar-refractivity contribution in [1.82, 2.24) is 0 Å².